The van der Waals surface area contributed by atoms with Gasteiger partial charge in [-0.1, -0.05) is 0 Å². The largest absolute Gasteiger partial charge is 0.495 e. The van der Waals surface area contributed by atoms with Crippen LogP contribution >= 0.6 is 0 Å². The summed E-state index contributed by atoms with van der Waals surface area (Å²) in [5.74, 6) is 2.30. The fourth-order valence-corrected chi connectivity index (χ4v) is 2.59. The van der Waals surface area contributed by atoms with Crippen molar-refractivity contribution in [2.75, 3.05) is 7.11 Å². The molecule has 2 aromatic heterocycles. The molecule has 2 amide bonds. The minimum Gasteiger partial charge on any atom is -0.495 e. The number of carbonyl (C=O) groups excluding carboxylic acids is 1. The molecule has 2 atom stereocenters. The predicted molar refractivity (Wildman–Crippen MR) is 87.5 cm³/mol. The highest BCUT2D eigenvalue weighted by atomic mass is 16.5. The van der Waals surface area contributed by atoms with Crippen LogP contribution in [0.15, 0.2) is 28.9 Å². The van der Waals surface area contributed by atoms with Crippen molar-refractivity contribution in [2.45, 2.75) is 39.8 Å². The van der Waals surface area contributed by atoms with Gasteiger partial charge in [0.15, 0.2) is 0 Å². The van der Waals surface area contributed by atoms with Crippen molar-refractivity contribution in [1.29, 1.82) is 0 Å². The Morgan fingerprint density at radius 1 is 1.22 bits per heavy atom. The quantitative estimate of drug-likeness (QED) is 0.886. The van der Waals surface area contributed by atoms with Crippen LogP contribution in [-0.2, 0) is 0 Å². The average Bonchev–Trinajstić information content (AvgIpc) is 2.85. The van der Waals surface area contributed by atoms with E-state index < -0.39 is 0 Å². The van der Waals surface area contributed by atoms with E-state index in [-0.39, 0.29) is 18.1 Å². The standard InChI is InChI=1S/C17H23N3O3/c1-10-8-15(13(4)23-10)12(3)20-17(21)19-11(2)14-6-7-18-9-16(14)22-5/h6-9,11-12H,1-5H3,(H2,19,20,21)/t11-,12+/m1/s1. The Morgan fingerprint density at radius 3 is 2.43 bits per heavy atom. The second-order valence-electron chi connectivity index (χ2n) is 5.55. The van der Waals surface area contributed by atoms with E-state index in [2.05, 4.69) is 15.6 Å². The molecule has 6 nitrogen and oxygen atoms in total. The van der Waals surface area contributed by atoms with E-state index in [1.807, 2.05) is 39.8 Å². The first-order valence-electron chi connectivity index (χ1n) is 7.54. The minimum absolute atomic E-state index is 0.140. The molecule has 0 spiro atoms. The first kappa shape index (κ1) is 16.9. The zero-order valence-electron chi connectivity index (χ0n) is 14.1. The molecule has 0 saturated carbocycles. The zero-order valence-corrected chi connectivity index (χ0v) is 14.1. The van der Waals surface area contributed by atoms with Crippen molar-refractivity contribution in [1.82, 2.24) is 15.6 Å². The maximum atomic E-state index is 12.2. The van der Waals surface area contributed by atoms with Crippen LogP contribution in [0.2, 0.25) is 0 Å². The number of hydrogen-bond acceptors (Lipinski definition) is 4. The zero-order chi connectivity index (χ0) is 17.0. The lowest BCUT2D eigenvalue weighted by atomic mass is 10.1. The summed E-state index contributed by atoms with van der Waals surface area (Å²) in [5.41, 5.74) is 1.85. The van der Waals surface area contributed by atoms with Crippen molar-refractivity contribution in [2.24, 2.45) is 0 Å². The van der Waals surface area contributed by atoms with Crippen LogP contribution in [-0.4, -0.2) is 18.1 Å². The number of pyridine rings is 1. The first-order chi connectivity index (χ1) is 10.9. The molecule has 0 radical (unpaired) electrons. The van der Waals surface area contributed by atoms with Gasteiger partial charge in [-0.2, -0.15) is 0 Å². The number of carbonyl (C=O) groups is 1. The van der Waals surface area contributed by atoms with Crippen molar-refractivity contribution >= 4 is 6.03 Å². The minimum atomic E-state index is -0.248. The number of aryl methyl sites for hydroxylation is 2. The molecule has 0 aromatic carbocycles. The van der Waals surface area contributed by atoms with Gasteiger partial charge in [0, 0.05) is 17.3 Å². The van der Waals surface area contributed by atoms with Gasteiger partial charge in [-0.25, -0.2) is 4.79 Å². The molecule has 0 unspecified atom stereocenters. The Morgan fingerprint density at radius 2 is 1.87 bits per heavy atom. The Balaban J connectivity index is 2.00. The Labute approximate surface area is 136 Å². The Kier molecular flexibility index (Phi) is 5.26. The van der Waals surface area contributed by atoms with Crippen LogP contribution in [0.5, 0.6) is 5.75 Å². The number of nitrogens with zero attached hydrogens (tertiary/aromatic N) is 1. The molecule has 2 heterocycles. The summed E-state index contributed by atoms with van der Waals surface area (Å²) < 4.78 is 10.8. The van der Waals surface area contributed by atoms with Crippen LogP contribution < -0.4 is 15.4 Å². The number of amides is 2. The second-order valence-corrected chi connectivity index (χ2v) is 5.55. The monoisotopic (exact) mass is 317 g/mol. The lowest BCUT2D eigenvalue weighted by Crippen LogP contribution is -2.38. The van der Waals surface area contributed by atoms with E-state index in [4.69, 9.17) is 9.15 Å². The van der Waals surface area contributed by atoms with E-state index in [1.54, 1.807) is 19.5 Å². The summed E-state index contributed by atoms with van der Waals surface area (Å²) in [4.78, 5) is 16.2. The number of aromatic nitrogens is 1. The third-order valence-corrected chi connectivity index (χ3v) is 3.74. The normalized spacial score (nSPS) is 13.3. The van der Waals surface area contributed by atoms with Gasteiger partial charge in [0.25, 0.3) is 0 Å². The molecular weight excluding hydrogens is 294 g/mol. The maximum Gasteiger partial charge on any atom is 0.315 e. The molecule has 0 bridgehead atoms. The predicted octanol–water partition coefficient (Wildman–Crippen LogP) is 3.42. The van der Waals surface area contributed by atoms with Crippen LogP contribution in [0.4, 0.5) is 4.79 Å². The summed E-state index contributed by atoms with van der Waals surface area (Å²) in [7, 11) is 1.58. The van der Waals surface area contributed by atoms with Gasteiger partial charge in [-0.3, -0.25) is 4.98 Å². The smallest absolute Gasteiger partial charge is 0.315 e. The van der Waals surface area contributed by atoms with Crippen molar-refractivity contribution in [3.63, 3.8) is 0 Å². The summed E-state index contributed by atoms with van der Waals surface area (Å²) in [6.45, 7) is 7.61. The molecule has 2 N–H and O–H groups in total. The molecule has 23 heavy (non-hydrogen) atoms. The SMILES string of the molecule is COc1cnccc1[C@@H](C)NC(=O)N[C@@H](C)c1cc(C)oc1C. The number of furan rings is 1. The molecule has 2 rings (SSSR count). The Bertz CT molecular complexity index is 681. The van der Waals surface area contributed by atoms with Crippen LogP contribution in [0, 0.1) is 13.8 Å². The second kappa shape index (κ2) is 7.17. The molecule has 0 aliphatic rings. The highest BCUT2D eigenvalue weighted by molar-refractivity contribution is 5.75. The lowest BCUT2D eigenvalue weighted by Gasteiger charge is -2.19. The van der Waals surface area contributed by atoms with Gasteiger partial charge in [-0.05, 0) is 39.8 Å². The van der Waals surface area contributed by atoms with Crippen LogP contribution in [0.1, 0.15) is 48.6 Å². The van der Waals surface area contributed by atoms with E-state index in [9.17, 15) is 4.79 Å². The number of nitrogens with one attached hydrogen (secondary N) is 2. The number of rotatable bonds is 5. The number of ether oxygens (including phenoxy) is 1. The summed E-state index contributed by atoms with van der Waals surface area (Å²) in [5, 5.41) is 5.83. The molecular formula is C17H23N3O3. The van der Waals surface area contributed by atoms with Crippen LogP contribution in [0.25, 0.3) is 0 Å². The van der Waals surface area contributed by atoms with Crippen LogP contribution in [0.3, 0.4) is 0 Å². The number of hydrogen-bond donors (Lipinski definition) is 2. The van der Waals surface area contributed by atoms with Crippen molar-refractivity contribution in [3.05, 3.63) is 47.2 Å². The molecule has 0 fully saturated rings. The molecule has 0 saturated heterocycles. The van der Waals surface area contributed by atoms with E-state index >= 15 is 0 Å². The molecule has 2 aromatic rings. The molecule has 0 aliphatic carbocycles. The van der Waals surface area contributed by atoms with E-state index in [1.165, 1.54) is 0 Å². The van der Waals surface area contributed by atoms with Gasteiger partial charge >= 0.3 is 6.03 Å². The average molecular weight is 317 g/mol. The molecule has 0 aliphatic heterocycles. The Hall–Kier alpha value is -2.50. The maximum absolute atomic E-state index is 12.2. The number of methoxy groups -OCH3 is 1. The van der Waals surface area contributed by atoms with Gasteiger partial charge in [-0.15, -0.1) is 0 Å². The lowest BCUT2D eigenvalue weighted by molar-refractivity contribution is 0.234. The van der Waals surface area contributed by atoms with E-state index in [0.717, 1.165) is 22.6 Å². The molecule has 6 heteroatoms. The third-order valence-electron chi connectivity index (χ3n) is 3.74. The van der Waals surface area contributed by atoms with Gasteiger partial charge < -0.3 is 19.8 Å². The first-order valence-corrected chi connectivity index (χ1v) is 7.54. The van der Waals surface area contributed by atoms with Crippen molar-refractivity contribution < 1.29 is 13.9 Å². The highest BCUT2D eigenvalue weighted by Gasteiger charge is 2.18. The van der Waals surface area contributed by atoms with Crippen molar-refractivity contribution in [3.8, 4) is 5.75 Å². The molecule has 124 valence electrons. The summed E-state index contributed by atoms with van der Waals surface area (Å²) in [6, 6.07) is 3.18. The highest BCUT2D eigenvalue weighted by Crippen LogP contribution is 2.24. The van der Waals surface area contributed by atoms with E-state index in [0.29, 0.717) is 5.75 Å². The third kappa shape index (κ3) is 4.03. The summed E-state index contributed by atoms with van der Waals surface area (Å²) >= 11 is 0. The fourth-order valence-electron chi connectivity index (χ4n) is 2.59. The topological polar surface area (TPSA) is 76.4 Å². The van der Waals surface area contributed by atoms with Gasteiger partial charge in [0.05, 0.1) is 25.4 Å². The van der Waals surface area contributed by atoms with Gasteiger partial charge in [0.1, 0.15) is 17.3 Å². The number of urea groups is 1. The fraction of sp³-hybridized carbons (Fsp3) is 0.412. The summed E-state index contributed by atoms with van der Waals surface area (Å²) in [6.07, 6.45) is 3.31. The van der Waals surface area contributed by atoms with Gasteiger partial charge in [0.2, 0.25) is 0 Å².